The van der Waals surface area contributed by atoms with E-state index in [0.29, 0.717) is 63.4 Å². The Labute approximate surface area is 177 Å². The molecule has 5 rings (SSSR count). The van der Waals surface area contributed by atoms with Crippen molar-refractivity contribution in [2.45, 2.75) is 6.54 Å². The molecule has 1 aliphatic heterocycles. The maximum absolute atomic E-state index is 13.6. The van der Waals surface area contributed by atoms with E-state index in [0.717, 1.165) is 5.39 Å². The second-order valence-corrected chi connectivity index (χ2v) is 7.63. The summed E-state index contributed by atoms with van der Waals surface area (Å²) in [5.41, 5.74) is 1.82. The molecule has 0 saturated heterocycles. The number of benzene rings is 2. The molecule has 4 aromatic rings. The van der Waals surface area contributed by atoms with Crippen molar-refractivity contribution < 1.29 is 18.9 Å². The molecule has 3 heterocycles. The molecule has 0 N–H and O–H groups in total. The molecule has 0 fully saturated rings. The number of ether oxygens (including phenoxy) is 4. The van der Waals surface area contributed by atoms with Gasteiger partial charge in [0.05, 0.1) is 30.6 Å². The van der Waals surface area contributed by atoms with Crippen LogP contribution in [-0.4, -0.2) is 61.3 Å². The highest BCUT2D eigenvalue weighted by molar-refractivity contribution is 6.13. The third-order valence-corrected chi connectivity index (χ3v) is 5.52. The molecule has 0 spiro atoms. The number of hydrogen-bond acceptors (Lipinski definition) is 8. The fourth-order valence-corrected chi connectivity index (χ4v) is 3.95. The lowest BCUT2D eigenvalue weighted by Crippen LogP contribution is -2.27. The molecule has 2 aromatic carbocycles. The van der Waals surface area contributed by atoms with Gasteiger partial charge in [0.25, 0.3) is 5.56 Å². The van der Waals surface area contributed by atoms with E-state index in [-0.39, 0.29) is 12.4 Å². The Bertz CT molecular complexity index is 1400. The number of aromatic nitrogens is 3. The summed E-state index contributed by atoms with van der Waals surface area (Å²) in [5, 5.41) is 10.9. The first-order chi connectivity index (χ1) is 15.0. The first-order valence-electron chi connectivity index (χ1n) is 9.85. The summed E-state index contributed by atoms with van der Waals surface area (Å²) >= 11 is 0. The second kappa shape index (κ2) is 7.28. The van der Waals surface area contributed by atoms with Crippen molar-refractivity contribution in [2.24, 2.45) is 0 Å². The highest BCUT2D eigenvalue weighted by Gasteiger charge is 2.21. The number of hydrogen-bond donors (Lipinski definition) is 0. The summed E-state index contributed by atoms with van der Waals surface area (Å²) in [6.45, 7) is 1.33. The largest absolute Gasteiger partial charge is 0.493 e. The monoisotopic (exact) mass is 422 g/mol. The Morgan fingerprint density at radius 3 is 2.32 bits per heavy atom. The van der Waals surface area contributed by atoms with Gasteiger partial charge in [-0.15, -0.1) is 10.2 Å². The number of likely N-dealkylation sites (N-methyl/N-ethyl adjacent to an activating group) is 1. The van der Waals surface area contributed by atoms with Gasteiger partial charge < -0.3 is 28.4 Å². The van der Waals surface area contributed by atoms with Crippen LogP contribution in [0.25, 0.3) is 32.7 Å². The zero-order valence-electron chi connectivity index (χ0n) is 17.8. The Balaban J connectivity index is 1.94. The second-order valence-electron chi connectivity index (χ2n) is 7.63. The lowest BCUT2D eigenvalue weighted by Gasteiger charge is -2.17. The number of nitrogens with zero attached hydrogens (tertiary/aromatic N) is 4. The van der Waals surface area contributed by atoms with Crippen LogP contribution in [-0.2, 0) is 6.54 Å². The predicted molar refractivity (Wildman–Crippen MR) is 117 cm³/mol. The predicted octanol–water partition coefficient (Wildman–Crippen LogP) is 2.41. The molecule has 1 aliphatic rings. The van der Waals surface area contributed by atoms with Crippen LogP contribution in [0.3, 0.4) is 0 Å². The molecule has 0 saturated carbocycles. The van der Waals surface area contributed by atoms with Gasteiger partial charge in [-0.3, -0.25) is 4.79 Å². The van der Waals surface area contributed by atoms with Crippen LogP contribution in [0.2, 0.25) is 0 Å². The van der Waals surface area contributed by atoms with Gasteiger partial charge in [0.15, 0.2) is 23.0 Å². The third-order valence-electron chi connectivity index (χ3n) is 5.52. The molecule has 2 aromatic heterocycles. The minimum Gasteiger partial charge on any atom is -0.493 e. The van der Waals surface area contributed by atoms with Gasteiger partial charge in [-0.2, -0.15) is 0 Å². The molecule has 0 atom stereocenters. The van der Waals surface area contributed by atoms with E-state index < -0.39 is 0 Å². The standard InChI is InChI=1S/C22H22N4O5/c1-25(2)5-6-26-21-14-9-18-19(31-11-30-18)10-15(14)23-24-20(21)12-7-16(28-3)17(29-4)8-13(12)22(26)27/h7-10H,5-6,11H2,1-4H3. The molecule has 0 aliphatic carbocycles. The first-order valence-corrected chi connectivity index (χ1v) is 9.85. The fraction of sp³-hybridized carbons (Fsp3) is 0.318. The molecule has 0 radical (unpaired) electrons. The minimum atomic E-state index is -0.128. The van der Waals surface area contributed by atoms with Gasteiger partial charge in [0.2, 0.25) is 6.79 Å². The number of pyridine rings is 1. The van der Waals surface area contributed by atoms with Crippen molar-refractivity contribution in [1.29, 1.82) is 0 Å². The van der Waals surface area contributed by atoms with Gasteiger partial charge in [-0.25, -0.2) is 0 Å². The van der Waals surface area contributed by atoms with Crippen LogP contribution < -0.4 is 24.5 Å². The van der Waals surface area contributed by atoms with Crippen molar-refractivity contribution in [3.63, 3.8) is 0 Å². The summed E-state index contributed by atoms with van der Waals surface area (Å²) in [5.74, 6) is 2.26. The van der Waals surface area contributed by atoms with Crippen molar-refractivity contribution in [3.05, 3.63) is 34.6 Å². The van der Waals surface area contributed by atoms with Crippen LogP contribution in [0.4, 0.5) is 0 Å². The molecule has 0 bridgehead atoms. The molecule has 9 nitrogen and oxygen atoms in total. The van der Waals surface area contributed by atoms with Crippen molar-refractivity contribution in [3.8, 4) is 23.0 Å². The smallest absolute Gasteiger partial charge is 0.259 e. The lowest BCUT2D eigenvalue weighted by atomic mass is 10.1. The van der Waals surface area contributed by atoms with Crippen molar-refractivity contribution in [2.75, 3.05) is 41.7 Å². The highest BCUT2D eigenvalue weighted by Crippen LogP contribution is 2.39. The van der Waals surface area contributed by atoms with E-state index in [1.165, 1.54) is 0 Å². The fourth-order valence-electron chi connectivity index (χ4n) is 3.95. The molecule has 31 heavy (non-hydrogen) atoms. The summed E-state index contributed by atoms with van der Waals surface area (Å²) in [6, 6.07) is 7.14. The molecule has 160 valence electrons. The Kier molecular flexibility index (Phi) is 4.55. The van der Waals surface area contributed by atoms with E-state index in [9.17, 15) is 4.79 Å². The van der Waals surface area contributed by atoms with Crippen LogP contribution in [0, 0.1) is 0 Å². The summed E-state index contributed by atoms with van der Waals surface area (Å²) < 4.78 is 23.7. The Hall–Kier alpha value is -3.59. The summed E-state index contributed by atoms with van der Waals surface area (Å²) in [6.07, 6.45) is 0. The van der Waals surface area contributed by atoms with Gasteiger partial charge in [0.1, 0.15) is 5.52 Å². The highest BCUT2D eigenvalue weighted by atomic mass is 16.7. The number of rotatable bonds is 5. The normalized spacial score (nSPS) is 12.9. The number of fused-ring (bicyclic) bond motifs is 6. The third kappa shape index (κ3) is 3.00. The first kappa shape index (κ1) is 19.4. The average molecular weight is 422 g/mol. The van der Waals surface area contributed by atoms with Crippen LogP contribution in [0.15, 0.2) is 29.1 Å². The number of methoxy groups -OCH3 is 2. The van der Waals surface area contributed by atoms with Crippen molar-refractivity contribution >= 4 is 32.7 Å². The van der Waals surface area contributed by atoms with Gasteiger partial charge in [-0.1, -0.05) is 0 Å². The summed E-state index contributed by atoms with van der Waals surface area (Å²) in [4.78, 5) is 15.7. The topological polar surface area (TPSA) is 87.9 Å². The van der Waals surface area contributed by atoms with Crippen molar-refractivity contribution in [1.82, 2.24) is 19.7 Å². The zero-order valence-corrected chi connectivity index (χ0v) is 17.8. The molecular formula is C22H22N4O5. The van der Waals surface area contributed by atoms with Gasteiger partial charge in [-0.05, 0) is 32.3 Å². The zero-order chi connectivity index (χ0) is 21.7. The Morgan fingerprint density at radius 1 is 0.968 bits per heavy atom. The van der Waals surface area contributed by atoms with Crippen LogP contribution in [0.5, 0.6) is 23.0 Å². The SMILES string of the molecule is COc1cc2c(=O)n(CCN(C)C)c3c4cc5c(cc4nnc3c2cc1OC)OCO5. The maximum atomic E-state index is 13.6. The van der Waals surface area contributed by atoms with E-state index in [1.54, 1.807) is 37.0 Å². The van der Waals surface area contributed by atoms with Crippen LogP contribution in [0.1, 0.15) is 0 Å². The Morgan fingerprint density at radius 2 is 1.65 bits per heavy atom. The summed E-state index contributed by atoms with van der Waals surface area (Å²) in [7, 11) is 7.05. The molecular weight excluding hydrogens is 400 g/mol. The molecule has 0 unspecified atom stereocenters. The average Bonchev–Trinajstić information content (AvgIpc) is 3.23. The van der Waals surface area contributed by atoms with E-state index in [4.69, 9.17) is 18.9 Å². The maximum Gasteiger partial charge on any atom is 0.259 e. The van der Waals surface area contributed by atoms with Crippen LogP contribution >= 0.6 is 0 Å². The minimum absolute atomic E-state index is 0.128. The van der Waals surface area contributed by atoms with E-state index in [1.807, 2.05) is 25.1 Å². The van der Waals surface area contributed by atoms with Gasteiger partial charge in [0, 0.05) is 29.9 Å². The molecule has 0 amide bonds. The van der Waals surface area contributed by atoms with E-state index >= 15 is 0 Å². The molecule has 9 heteroatoms. The lowest BCUT2D eigenvalue weighted by molar-refractivity contribution is 0.174. The van der Waals surface area contributed by atoms with E-state index in [2.05, 4.69) is 10.2 Å². The van der Waals surface area contributed by atoms with Gasteiger partial charge >= 0.3 is 0 Å². The quantitative estimate of drug-likeness (QED) is 0.453.